The van der Waals surface area contributed by atoms with Gasteiger partial charge in [0, 0.05) is 129 Å². The first-order chi connectivity index (χ1) is 40.9. The molecule has 0 atom stereocenters. The SMILES string of the molecule is CN1C(=CC=C(Br)C=Cc2ccc3ccccc3[n+]2C)C=Cc2ccccc21.CN1C=C/C(=C/C=C(Br)/C=C/c2cc[n+](C)c3ccccc23)c2ccccc21.CN1C=C/C(=C/C=C(Cl)/C=C/c2cc[n+](C)c3ccccc23)c2ccccc21.[I-].[I-].[I-]. The second-order valence-corrected chi connectivity index (χ2v) is 22.8. The van der Waals surface area contributed by atoms with Gasteiger partial charge in [-0.15, -0.1) is 0 Å². The fourth-order valence-corrected chi connectivity index (χ4v) is 11.0. The quantitative estimate of drug-likeness (QED) is 0.0820. The van der Waals surface area contributed by atoms with E-state index < -0.39 is 0 Å². The average Bonchev–Trinajstić information content (AvgIpc) is 3.70. The van der Waals surface area contributed by atoms with Crippen LogP contribution in [0.4, 0.5) is 17.1 Å². The van der Waals surface area contributed by atoms with Gasteiger partial charge in [-0.05, 0) is 131 Å². The number of fused-ring (bicyclic) bond motifs is 6. The standard InChI is InChI=1S/2C25H22BrN2.C25H22ClN2.3HI/c1-27-22(15-11-19-7-3-5-9-24(19)27)17-13-21(26)14-18-23-16-12-20-8-4-6-10-25(20)28(23)2;2*1-27-17-15-19(22-7-3-5-9-24(22)27)11-13-21(26)14-12-20-16-18-28(2)25-10-6-4-8-23(20)25;;;/h3*3-18H,1-2H3;3*1H/q3*+1;;;/p-3. The van der Waals surface area contributed by atoms with E-state index in [1.165, 1.54) is 77.6 Å². The molecule has 0 saturated carbocycles. The van der Waals surface area contributed by atoms with Gasteiger partial charge in [0.2, 0.25) is 22.2 Å². The van der Waals surface area contributed by atoms with Crippen LogP contribution >= 0.6 is 43.5 Å². The lowest BCUT2D eigenvalue weighted by atomic mass is 10.00. The number of aryl methyl sites for hydroxylation is 3. The Labute approximate surface area is 585 Å². The number of allylic oxidation sites excluding steroid dienone is 17. The molecular formula is C75H66Br2ClI3N6. The van der Waals surface area contributed by atoms with E-state index in [0.29, 0.717) is 5.03 Å². The average molecular weight is 1630 g/mol. The van der Waals surface area contributed by atoms with E-state index in [4.69, 9.17) is 11.6 Å². The molecule has 0 amide bonds. The lowest BCUT2D eigenvalue weighted by molar-refractivity contribution is -0.646. The number of aromatic nitrogens is 3. The number of likely N-dealkylation sites (N-methyl/N-ethyl adjacent to an activating group) is 1. The first-order valence-electron chi connectivity index (χ1n) is 27.8. The predicted molar refractivity (Wildman–Crippen MR) is 366 cm³/mol. The van der Waals surface area contributed by atoms with Gasteiger partial charge in [0.25, 0.3) is 0 Å². The Kier molecular flexibility index (Phi) is 25.3. The van der Waals surface area contributed by atoms with Crippen molar-refractivity contribution in [2.75, 3.05) is 35.8 Å². The van der Waals surface area contributed by atoms with Crippen LogP contribution in [0.25, 0.3) is 68.2 Å². The Hall–Kier alpha value is -6.73. The van der Waals surface area contributed by atoms with Crippen molar-refractivity contribution in [3.05, 3.63) is 321 Å². The third-order valence-electron chi connectivity index (χ3n) is 15.0. The number of anilines is 3. The number of benzene rings is 6. The fourth-order valence-electron chi connectivity index (χ4n) is 10.4. The Morgan fingerprint density at radius 1 is 0.448 bits per heavy atom. The number of hydrogen-bond acceptors (Lipinski definition) is 3. The largest absolute Gasteiger partial charge is 1.00 e. The van der Waals surface area contributed by atoms with Crippen LogP contribution in [0.3, 0.4) is 0 Å². The van der Waals surface area contributed by atoms with Gasteiger partial charge in [-0.2, -0.15) is 4.57 Å². The molecule has 0 aliphatic carbocycles. The summed E-state index contributed by atoms with van der Waals surface area (Å²) < 4.78 is 8.53. The fraction of sp³-hybridized carbons (Fsp3) is 0.0800. The summed E-state index contributed by atoms with van der Waals surface area (Å²) in [4.78, 5) is 6.48. The third kappa shape index (κ3) is 16.9. The summed E-state index contributed by atoms with van der Waals surface area (Å²) >= 11 is 13.8. The topological polar surface area (TPSA) is 21.4 Å². The van der Waals surface area contributed by atoms with Crippen molar-refractivity contribution in [3.63, 3.8) is 0 Å². The lowest BCUT2D eigenvalue weighted by Gasteiger charge is -2.26. The van der Waals surface area contributed by atoms with Gasteiger partial charge in [-0.1, -0.05) is 165 Å². The summed E-state index contributed by atoms with van der Waals surface area (Å²) in [6, 6.07) is 59.1. The van der Waals surface area contributed by atoms with Crippen LogP contribution in [0.2, 0.25) is 0 Å². The Balaban J connectivity index is 0.000000183. The maximum absolute atomic E-state index is 6.48. The molecule has 87 heavy (non-hydrogen) atoms. The zero-order chi connectivity index (χ0) is 58.5. The number of para-hydroxylation sites is 6. The maximum atomic E-state index is 6.48. The van der Waals surface area contributed by atoms with Crippen molar-refractivity contribution in [2.45, 2.75) is 0 Å². The van der Waals surface area contributed by atoms with E-state index in [-0.39, 0.29) is 71.9 Å². The van der Waals surface area contributed by atoms with E-state index in [1.54, 1.807) is 0 Å². The number of nitrogens with zero attached hydrogens (tertiary/aromatic N) is 6. The van der Waals surface area contributed by atoms with Gasteiger partial charge >= 0.3 is 0 Å². The van der Waals surface area contributed by atoms with Crippen LogP contribution < -0.4 is 100 Å². The van der Waals surface area contributed by atoms with Gasteiger partial charge in [0.15, 0.2) is 12.4 Å². The molecule has 0 bridgehead atoms. The minimum Gasteiger partial charge on any atom is -1.00 e. The number of hydrogen-bond donors (Lipinski definition) is 0. The Morgan fingerprint density at radius 3 is 1.52 bits per heavy atom. The molecule has 3 aliphatic heterocycles. The van der Waals surface area contributed by atoms with Crippen LogP contribution in [0.15, 0.2) is 287 Å². The molecule has 3 aliphatic rings. The third-order valence-corrected chi connectivity index (χ3v) is 16.4. The van der Waals surface area contributed by atoms with Crippen molar-refractivity contribution in [2.24, 2.45) is 21.1 Å². The number of rotatable bonds is 9. The molecule has 0 radical (unpaired) electrons. The molecule has 3 aromatic heterocycles. The smallest absolute Gasteiger partial charge is 0.212 e. The zero-order valence-corrected chi connectivity index (χ0v) is 59.6. The maximum Gasteiger partial charge on any atom is 0.212 e. The van der Waals surface area contributed by atoms with Crippen LogP contribution in [0.5, 0.6) is 0 Å². The number of pyridine rings is 3. The molecule has 6 aromatic carbocycles. The van der Waals surface area contributed by atoms with E-state index in [0.717, 1.165) is 31.5 Å². The molecule has 0 saturated heterocycles. The predicted octanol–water partition coefficient (Wildman–Crippen LogP) is 8.87. The molecule has 0 unspecified atom stereocenters. The monoisotopic (exact) mass is 1620 g/mol. The molecule has 6 nitrogen and oxygen atoms in total. The lowest BCUT2D eigenvalue weighted by Crippen LogP contribution is -3.00. The summed E-state index contributed by atoms with van der Waals surface area (Å²) in [5.41, 5.74) is 18.0. The van der Waals surface area contributed by atoms with Crippen molar-refractivity contribution < 1.29 is 85.6 Å². The highest BCUT2D eigenvalue weighted by molar-refractivity contribution is 9.12. The Morgan fingerprint density at radius 2 is 0.920 bits per heavy atom. The summed E-state index contributed by atoms with van der Waals surface area (Å²) in [6.45, 7) is 0. The van der Waals surface area contributed by atoms with Crippen molar-refractivity contribution in [1.82, 2.24) is 0 Å². The summed E-state index contributed by atoms with van der Waals surface area (Å²) in [5.74, 6) is 0. The second-order valence-electron chi connectivity index (χ2n) is 20.5. The minimum absolute atomic E-state index is 0. The zero-order valence-electron chi connectivity index (χ0n) is 49.2. The van der Waals surface area contributed by atoms with Gasteiger partial charge < -0.3 is 86.6 Å². The van der Waals surface area contributed by atoms with Crippen molar-refractivity contribution in [1.29, 1.82) is 0 Å². The van der Waals surface area contributed by atoms with Crippen LogP contribution in [0.1, 0.15) is 33.5 Å². The molecule has 0 fully saturated rings. The molecule has 438 valence electrons. The van der Waals surface area contributed by atoms with E-state index in [9.17, 15) is 0 Å². The highest BCUT2D eigenvalue weighted by Gasteiger charge is 2.16. The van der Waals surface area contributed by atoms with Crippen LogP contribution in [-0.4, -0.2) is 21.1 Å². The van der Waals surface area contributed by atoms with Crippen molar-refractivity contribution >= 4 is 129 Å². The second kappa shape index (κ2) is 32.5. The Bertz CT molecular complexity index is 4170. The summed E-state index contributed by atoms with van der Waals surface area (Å²) in [7, 11) is 12.5. The highest BCUT2D eigenvalue weighted by atomic mass is 127. The normalized spacial score (nSPS) is 15.1. The van der Waals surface area contributed by atoms with Crippen molar-refractivity contribution in [3.8, 4) is 0 Å². The summed E-state index contributed by atoms with van der Waals surface area (Å²) in [5, 5.41) is 4.39. The molecular weight excluding hydrogens is 1560 g/mol. The van der Waals surface area contributed by atoms with Crippen LogP contribution in [-0.2, 0) is 21.1 Å². The highest BCUT2D eigenvalue weighted by Crippen LogP contribution is 2.34. The first kappa shape index (κ1) is 67.8. The molecule has 6 heterocycles. The van der Waals surface area contributed by atoms with E-state index >= 15 is 0 Å². The molecule has 9 aromatic rings. The number of halogens is 6. The van der Waals surface area contributed by atoms with Gasteiger partial charge in [0.05, 0.1) is 10.8 Å². The minimum atomic E-state index is 0. The van der Waals surface area contributed by atoms with Crippen LogP contribution in [0, 0.1) is 0 Å². The van der Waals surface area contributed by atoms with Gasteiger partial charge in [-0.3, -0.25) is 0 Å². The van der Waals surface area contributed by atoms with Gasteiger partial charge in [-0.25, -0.2) is 9.13 Å². The summed E-state index contributed by atoms with van der Waals surface area (Å²) in [6.07, 6.45) is 41.9. The van der Waals surface area contributed by atoms with E-state index in [2.05, 4.69) is 382 Å². The first-order valence-corrected chi connectivity index (χ1v) is 29.8. The van der Waals surface area contributed by atoms with E-state index in [1.807, 2.05) is 12.2 Å². The molecule has 12 rings (SSSR count). The van der Waals surface area contributed by atoms with Gasteiger partial charge in [0.1, 0.15) is 21.1 Å². The molecule has 0 N–H and O–H groups in total. The molecule has 0 spiro atoms. The molecule has 12 heteroatoms.